The number of hydrogen-bond acceptors (Lipinski definition) is 3. The van der Waals surface area contributed by atoms with Crippen LogP contribution in [0.25, 0.3) is 0 Å². The van der Waals surface area contributed by atoms with Gasteiger partial charge in [-0.2, -0.15) is 4.39 Å². The van der Waals surface area contributed by atoms with E-state index in [4.69, 9.17) is 14.6 Å². The van der Waals surface area contributed by atoms with E-state index in [0.29, 0.717) is 6.10 Å². The van der Waals surface area contributed by atoms with Gasteiger partial charge in [0, 0.05) is 13.5 Å². The van der Waals surface area contributed by atoms with Gasteiger partial charge in [-0.25, -0.2) is 4.39 Å². The minimum atomic E-state index is -0.940. The lowest BCUT2D eigenvalue weighted by Crippen LogP contribution is -1.94. The summed E-state index contributed by atoms with van der Waals surface area (Å²) in [5.74, 6) is -2.73. The second kappa shape index (κ2) is 10.1. The molecule has 0 radical (unpaired) electrons. The molecule has 1 unspecified atom stereocenters. The molecule has 1 saturated heterocycles. The molecule has 1 atom stereocenters. The van der Waals surface area contributed by atoms with Gasteiger partial charge < -0.3 is 14.6 Å². The molecule has 0 spiro atoms. The number of carboxylic acid groups (broad SMARTS) is 1. The number of carbonyl (C=O) groups is 1. The first-order valence-corrected chi connectivity index (χ1v) is 6.17. The summed E-state index contributed by atoms with van der Waals surface area (Å²) < 4.78 is 34.5. The monoisotopic (exact) mass is 290 g/mol. The van der Waals surface area contributed by atoms with Crippen molar-refractivity contribution in [1.29, 1.82) is 0 Å². The number of ether oxygens (including phenoxy) is 2. The minimum Gasteiger partial charge on any atom is -0.494 e. The van der Waals surface area contributed by atoms with Crippen molar-refractivity contribution in [3.63, 3.8) is 0 Å². The zero-order valence-electron chi connectivity index (χ0n) is 11.9. The molecule has 1 aliphatic rings. The minimum absolute atomic E-state index is 0.0694. The maximum Gasteiger partial charge on any atom is 0.300 e. The summed E-state index contributed by atoms with van der Waals surface area (Å²) in [7, 11) is 1.29. The fourth-order valence-electron chi connectivity index (χ4n) is 1.38. The van der Waals surface area contributed by atoms with Gasteiger partial charge in [-0.1, -0.05) is 6.07 Å². The van der Waals surface area contributed by atoms with E-state index in [0.717, 1.165) is 19.6 Å². The molecule has 0 aromatic heterocycles. The van der Waals surface area contributed by atoms with E-state index in [2.05, 4.69) is 11.7 Å². The van der Waals surface area contributed by atoms with Crippen molar-refractivity contribution in [2.75, 3.05) is 13.7 Å². The molecule has 1 N–H and O–H groups in total. The van der Waals surface area contributed by atoms with E-state index < -0.39 is 17.6 Å². The molecule has 4 nitrogen and oxygen atoms in total. The highest BCUT2D eigenvalue weighted by atomic mass is 19.2. The third-order valence-corrected chi connectivity index (χ3v) is 2.29. The van der Waals surface area contributed by atoms with E-state index in [1.165, 1.54) is 32.1 Å². The summed E-state index contributed by atoms with van der Waals surface area (Å²) >= 11 is 0. The number of hydrogen-bond donors (Lipinski definition) is 1. The van der Waals surface area contributed by atoms with Crippen LogP contribution in [0.2, 0.25) is 0 Å². The van der Waals surface area contributed by atoms with Gasteiger partial charge in [0.1, 0.15) is 0 Å². The largest absolute Gasteiger partial charge is 0.494 e. The first-order valence-electron chi connectivity index (χ1n) is 6.17. The first kappa shape index (κ1) is 18.3. The van der Waals surface area contributed by atoms with Crippen molar-refractivity contribution < 1.29 is 28.2 Å². The van der Waals surface area contributed by atoms with Crippen LogP contribution in [0, 0.1) is 11.6 Å². The Labute approximate surface area is 117 Å². The predicted octanol–water partition coefficient (Wildman–Crippen LogP) is 3.25. The van der Waals surface area contributed by atoms with Gasteiger partial charge in [-0.3, -0.25) is 4.79 Å². The van der Waals surface area contributed by atoms with Crippen LogP contribution >= 0.6 is 0 Å². The van der Waals surface area contributed by atoms with E-state index in [-0.39, 0.29) is 5.75 Å². The van der Waals surface area contributed by atoms with Crippen LogP contribution in [0.15, 0.2) is 18.2 Å². The molecule has 6 heteroatoms. The fourth-order valence-corrected chi connectivity index (χ4v) is 1.38. The number of halogens is 2. The van der Waals surface area contributed by atoms with Crippen LogP contribution in [-0.4, -0.2) is 30.9 Å². The Hall–Kier alpha value is -1.69. The predicted molar refractivity (Wildman–Crippen MR) is 70.9 cm³/mol. The van der Waals surface area contributed by atoms with Crippen molar-refractivity contribution in [2.24, 2.45) is 0 Å². The molecule has 1 fully saturated rings. The van der Waals surface area contributed by atoms with Crippen LogP contribution < -0.4 is 4.74 Å². The zero-order chi connectivity index (χ0) is 15.5. The van der Waals surface area contributed by atoms with Gasteiger partial charge in [-0.15, -0.1) is 0 Å². The third-order valence-electron chi connectivity index (χ3n) is 2.29. The van der Waals surface area contributed by atoms with Gasteiger partial charge in [0.25, 0.3) is 5.97 Å². The molecule has 0 saturated carbocycles. The summed E-state index contributed by atoms with van der Waals surface area (Å²) in [6.45, 7) is 4.19. The highest BCUT2D eigenvalue weighted by Gasteiger charge is 2.07. The zero-order valence-corrected chi connectivity index (χ0v) is 11.9. The quantitative estimate of drug-likeness (QED) is 0.862. The van der Waals surface area contributed by atoms with Gasteiger partial charge in [0.2, 0.25) is 5.82 Å². The number of benzene rings is 1. The van der Waals surface area contributed by atoms with Crippen molar-refractivity contribution in [3.05, 3.63) is 29.8 Å². The van der Waals surface area contributed by atoms with Crippen LogP contribution in [0.3, 0.4) is 0 Å². The fraction of sp³-hybridized carbons (Fsp3) is 0.500. The van der Waals surface area contributed by atoms with Crippen molar-refractivity contribution in [1.82, 2.24) is 0 Å². The van der Waals surface area contributed by atoms with Crippen LogP contribution in [-0.2, 0) is 9.53 Å². The molecule has 1 aliphatic heterocycles. The average Bonchev–Trinajstić information content (AvgIpc) is 2.84. The standard InChI is InChI=1S/C7H6F2O.C5H10O.C2H4O2/c1-10-6-4-2-3-5(8)7(6)9;1-5-3-2-4-6-5;1-2(3)4/h2-4H,1H3;5H,2-4H2,1H3;1H3,(H,3,4). The molecule has 1 aromatic rings. The van der Waals surface area contributed by atoms with Crippen molar-refractivity contribution in [2.45, 2.75) is 32.8 Å². The number of rotatable bonds is 1. The Morgan fingerprint density at radius 1 is 1.45 bits per heavy atom. The van der Waals surface area contributed by atoms with E-state index in [9.17, 15) is 8.78 Å². The molecule has 0 aliphatic carbocycles. The van der Waals surface area contributed by atoms with Crippen LogP contribution in [0.4, 0.5) is 8.78 Å². The number of methoxy groups -OCH3 is 1. The van der Waals surface area contributed by atoms with Crippen LogP contribution in [0.1, 0.15) is 26.7 Å². The van der Waals surface area contributed by atoms with E-state index >= 15 is 0 Å². The summed E-state index contributed by atoms with van der Waals surface area (Å²) in [6, 6.07) is 3.79. The van der Waals surface area contributed by atoms with Gasteiger partial charge in [0.05, 0.1) is 13.2 Å². The molecule has 2 rings (SSSR count). The molecular weight excluding hydrogens is 270 g/mol. The molecule has 0 amide bonds. The molecular formula is C14H20F2O4. The first-order chi connectivity index (χ1) is 9.38. The summed E-state index contributed by atoms with van der Waals surface area (Å²) in [5, 5.41) is 7.42. The number of carboxylic acids is 1. The van der Waals surface area contributed by atoms with Gasteiger partial charge in [-0.05, 0) is 31.9 Å². The Balaban J connectivity index is 0.000000307. The maximum absolute atomic E-state index is 12.5. The van der Waals surface area contributed by atoms with Crippen molar-refractivity contribution >= 4 is 5.97 Å². The van der Waals surface area contributed by atoms with Gasteiger partial charge in [0.15, 0.2) is 11.6 Å². The highest BCUT2D eigenvalue weighted by Crippen LogP contribution is 2.17. The summed E-state index contributed by atoms with van der Waals surface area (Å²) in [5.41, 5.74) is 0. The lowest BCUT2D eigenvalue weighted by atomic mass is 10.3. The molecule has 114 valence electrons. The Bertz CT molecular complexity index is 400. The third kappa shape index (κ3) is 8.42. The van der Waals surface area contributed by atoms with Crippen molar-refractivity contribution in [3.8, 4) is 5.75 Å². The van der Waals surface area contributed by atoms with E-state index in [1.54, 1.807) is 0 Å². The lowest BCUT2D eigenvalue weighted by Gasteiger charge is -1.99. The molecule has 20 heavy (non-hydrogen) atoms. The summed E-state index contributed by atoms with van der Waals surface area (Å²) in [4.78, 5) is 9.00. The highest BCUT2D eigenvalue weighted by molar-refractivity contribution is 5.62. The SMILES string of the molecule is CC(=O)O.CC1CCCO1.COc1cccc(F)c1F. The second-order valence-electron chi connectivity index (χ2n) is 4.10. The Kier molecular flexibility index (Phi) is 9.28. The van der Waals surface area contributed by atoms with Gasteiger partial charge >= 0.3 is 0 Å². The Morgan fingerprint density at radius 3 is 2.35 bits per heavy atom. The topological polar surface area (TPSA) is 55.8 Å². The molecule has 0 bridgehead atoms. The van der Waals surface area contributed by atoms with Crippen LogP contribution in [0.5, 0.6) is 5.75 Å². The van der Waals surface area contributed by atoms with E-state index in [1.807, 2.05) is 0 Å². The Morgan fingerprint density at radius 2 is 2.05 bits per heavy atom. The maximum atomic E-state index is 12.5. The number of aliphatic carboxylic acids is 1. The molecule has 1 heterocycles. The molecule has 1 aromatic carbocycles. The summed E-state index contributed by atoms with van der Waals surface area (Å²) in [6.07, 6.45) is 3.08. The second-order valence-corrected chi connectivity index (χ2v) is 4.10. The normalized spacial score (nSPS) is 16.4. The average molecular weight is 290 g/mol. The lowest BCUT2D eigenvalue weighted by molar-refractivity contribution is -0.134. The smallest absolute Gasteiger partial charge is 0.300 e.